The molecule has 0 unspecified atom stereocenters. The average molecular weight is 449 g/mol. The Kier molecular flexibility index (Phi) is 6.99. The van der Waals surface area contributed by atoms with Crippen molar-refractivity contribution in [2.75, 3.05) is 7.11 Å². The molecule has 166 valence electrons. The summed E-state index contributed by atoms with van der Waals surface area (Å²) in [6, 6.07) is 6.77. The molecule has 0 radical (unpaired) electrons. The quantitative estimate of drug-likeness (QED) is 0.271. The van der Waals surface area contributed by atoms with Crippen molar-refractivity contribution in [3.05, 3.63) is 59.2 Å². The maximum Gasteiger partial charge on any atom is 0.462 e. The molecule has 12 heteroatoms. The highest BCUT2D eigenvalue weighted by molar-refractivity contribution is 5.85. The molecule has 0 heterocycles. The summed E-state index contributed by atoms with van der Waals surface area (Å²) in [7, 11) is 1.27. The lowest BCUT2D eigenvalue weighted by atomic mass is 10.1. The maximum atomic E-state index is 13.3. The summed E-state index contributed by atoms with van der Waals surface area (Å²) in [4.78, 5) is 0. The van der Waals surface area contributed by atoms with Crippen LogP contribution in [-0.2, 0) is 6.61 Å². The minimum Gasteiger partial charge on any atom is -0.493 e. The molecular weight excluding hydrogens is 435 g/mol. The van der Waals surface area contributed by atoms with Crippen LogP contribution in [0.25, 0.3) is 0 Å². The molecule has 0 aliphatic rings. The zero-order valence-electron chi connectivity index (χ0n) is 15.7. The smallest absolute Gasteiger partial charge is 0.462 e. The van der Waals surface area contributed by atoms with E-state index in [0.717, 1.165) is 0 Å². The fourth-order valence-electron chi connectivity index (χ4n) is 2.29. The monoisotopic (exact) mass is 449 g/mol. The van der Waals surface area contributed by atoms with Crippen LogP contribution >= 0.6 is 0 Å². The van der Waals surface area contributed by atoms with Gasteiger partial charge in [0.15, 0.2) is 11.5 Å². The first-order valence-electron chi connectivity index (χ1n) is 8.35. The Labute approximate surface area is 171 Å². The van der Waals surface area contributed by atoms with Gasteiger partial charge in [-0.25, -0.2) is 5.43 Å². The topological polar surface area (TPSA) is 66.6 Å². The minimum absolute atomic E-state index is 0.0609. The molecule has 0 atom stereocenters. The molecule has 31 heavy (non-hydrogen) atoms. The van der Waals surface area contributed by atoms with Crippen LogP contribution in [0.4, 0.5) is 30.7 Å². The molecule has 2 aromatic carbocycles. The molecule has 0 saturated carbocycles. The largest absolute Gasteiger partial charge is 0.493 e. The second kappa shape index (κ2) is 9.11. The van der Waals surface area contributed by atoms with E-state index in [0.29, 0.717) is 22.8 Å². The van der Waals surface area contributed by atoms with E-state index < -0.39 is 18.1 Å². The van der Waals surface area contributed by atoms with Gasteiger partial charge in [0.05, 0.1) is 25.0 Å². The summed E-state index contributed by atoms with van der Waals surface area (Å²) >= 11 is 0. The van der Waals surface area contributed by atoms with Gasteiger partial charge in [-0.2, -0.15) is 41.1 Å². The van der Waals surface area contributed by atoms with Crippen molar-refractivity contribution in [3.63, 3.8) is 0 Å². The number of methoxy groups -OCH3 is 1. The van der Waals surface area contributed by atoms with E-state index in [-0.39, 0.29) is 23.7 Å². The third-order valence-electron chi connectivity index (χ3n) is 3.90. The lowest BCUT2D eigenvalue weighted by Crippen LogP contribution is -2.58. The highest BCUT2D eigenvalue weighted by Crippen LogP contribution is 2.45. The third-order valence-corrected chi connectivity index (χ3v) is 3.90. The van der Waals surface area contributed by atoms with Gasteiger partial charge in [0, 0.05) is 11.1 Å². The first-order valence-corrected chi connectivity index (χ1v) is 8.35. The number of alkyl halides is 7. The van der Waals surface area contributed by atoms with Gasteiger partial charge in [-0.3, -0.25) is 0 Å². The van der Waals surface area contributed by atoms with Crippen LogP contribution in [0.15, 0.2) is 47.6 Å². The van der Waals surface area contributed by atoms with E-state index in [9.17, 15) is 30.7 Å². The lowest BCUT2D eigenvalue weighted by Gasteiger charge is -2.27. The van der Waals surface area contributed by atoms with Crippen molar-refractivity contribution < 1.29 is 40.2 Å². The Hall–Kier alpha value is -3.49. The SMILES string of the molecule is COc1cccc(/C=N\NC(F)(F)C(F)(F)C(F)(F)F)c1OCc1ccccc1C#N. The molecule has 0 aliphatic carbocycles. The second-order valence-corrected chi connectivity index (χ2v) is 5.95. The summed E-state index contributed by atoms with van der Waals surface area (Å²) in [6.45, 7) is -0.152. The molecule has 0 aromatic heterocycles. The predicted molar refractivity (Wildman–Crippen MR) is 95.2 cm³/mol. The molecule has 2 rings (SSSR count). The summed E-state index contributed by atoms with van der Waals surface area (Å²) in [5.74, 6) is -6.31. The lowest BCUT2D eigenvalue weighted by molar-refractivity contribution is -0.361. The van der Waals surface area contributed by atoms with Crippen LogP contribution < -0.4 is 14.9 Å². The Bertz CT molecular complexity index is 985. The Morgan fingerprint density at radius 1 is 1.03 bits per heavy atom. The van der Waals surface area contributed by atoms with Gasteiger partial charge in [-0.15, -0.1) is 0 Å². The van der Waals surface area contributed by atoms with Crippen LogP contribution in [0.1, 0.15) is 16.7 Å². The zero-order chi connectivity index (χ0) is 23.3. The number of rotatable bonds is 8. The van der Waals surface area contributed by atoms with Crippen molar-refractivity contribution >= 4 is 6.21 Å². The van der Waals surface area contributed by atoms with Gasteiger partial charge in [0.25, 0.3) is 0 Å². The fraction of sp³-hybridized carbons (Fsp3) is 0.263. The van der Waals surface area contributed by atoms with Gasteiger partial charge in [0.1, 0.15) is 6.61 Å². The first-order chi connectivity index (χ1) is 14.4. The number of hydrogen-bond donors (Lipinski definition) is 1. The van der Waals surface area contributed by atoms with E-state index in [2.05, 4.69) is 5.10 Å². The number of ether oxygens (including phenoxy) is 2. The molecule has 0 fully saturated rings. The molecule has 0 aliphatic heterocycles. The molecular formula is C19H14F7N3O2. The van der Waals surface area contributed by atoms with E-state index in [1.165, 1.54) is 31.4 Å². The Balaban J connectivity index is 2.27. The van der Waals surface area contributed by atoms with Crippen LogP contribution in [0.3, 0.4) is 0 Å². The molecule has 0 bridgehead atoms. The number of hydrogen-bond acceptors (Lipinski definition) is 5. The van der Waals surface area contributed by atoms with Gasteiger partial charge in [-0.1, -0.05) is 24.3 Å². The number of nitrogens with one attached hydrogen (secondary N) is 1. The van der Waals surface area contributed by atoms with Crippen LogP contribution in [-0.4, -0.2) is 31.5 Å². The van der Waals surface area contributed by atoms with Crippen molar-refractivity contribution in [1.82, 2.24) is 5.43 Å². The van der Waals surface area contributed by atoms with Crippen LogP contribution in [0, 0.1) is 11.3 Å². The van der Waals surface area contributed by atoms with Gasteiger partial charge in [0.2, 0.25) is 0 Å². The normalized spacial score (nSPS) is 12.5. The summed E-state index contributed by atoms with van der Waals surface area (Å²) in [5, 5.41) is 11.9. The molecule has 0 saturated heterocycles. The molecule has 0 spiro atoms. The number of halogens is 7. The second-order valence-electron chi connectivity index (χ2n) is 5.95. The number of nitrogens with zero attached hydrogens (tertiary/aromatic N) is 2. The molecule has 2 aromatic rings. The minimum atomic E-state index is -6.49. The highest BCUT2D eigenvalue weighted by atomic mass is 19.4. The third kappa shape index (κ3) is 5.17. The van der Waals surface area contributed by atoms with E-state index in [1.54, 1.807) is 18.2 Å². The number of nitriles is 1. The van der Waals surface area contributed by atoms with Gasteiger partial charge >= 0.3 is 18.1 Å². The average Bonchev–Trinajstić information content (AvgIpc) is 2.71. The maximum absolute atomic E-state index is 13.3. The first kappa shape index (κ1) is 23.8. The van der Waals surface area contributed by atoms with E-state index in [1.807, 2.05) is 6.07 Å². The number of hydrazone groups is 1. The number of benzene rings is 2. The van der Waals surface area contributed by atoms with Gasteiger partial charge in [-0.05, 0) is 18.2 Å². The number of para-hydroxylation sites is 1. The Morgan fingerprint density at radius 2 is 1.71 bits per heavy atom. The van der Waals surface area contributed by atoms with E-state index >= 15 is 0 Å². The standard InChI is InChI=1S/C19H14F7N3O2/c1-30-15-8-4-7-13(10-28-29-19(25,26)17(20,21)18(22,23)24)16(15)31-11-14-6-3-2-5-12(14)9-27/h2-8,10,29H,11H2,1H3/b28-10-. The Morgan fingerprint density at radius 3 is 2.32 bits per heavy atom. The van der Waals surface area contributed by atoms with Crippen LogP contribution in [0.5, 0.6) is 11.5 Å². The van der Waals surface area contributed by atoms with Crippen molar-refractivity contribution in [2.45, 2.75) is 24.8 Å². The molecule has 1 N–H and O–H groups in total. The summed E-state index contributed by atoms with van der Waals surface area (Å²) in [5.41, 5.74) is 1.26. The van der Waals surface area contributed by atoms with Crippen molar-refractivity contribution in [3.8, 4) is 17.6 Å². The highest BCUT2D eigenvalue weighted by Gasteiger charge is 2.73. The van der Waals surface area contributed by atoms with Crippen molar-refractivity contribution in [1.29, 1.82) is 5.26 Å². The van der Waals surface area contributed by atoms with Gasteiger partial charge < -0.3 is 9.47 Å². The molecule has 0 amide bonds. The molecule has 5 nitrogen and oxygen atoms in total. The summed E-state index contributed by atoms with van der Waals surface area (Å²) in [6.07, 6.45) is -5.91. The van der Waals surface area contributed by atoms with Crippen LogP contribution in [0.2, 0.25) is 0 Å². The summed E-state index contributed by atoms with van der Waals surface area (Å²) < 4.78 is 99.7. The zero-order valence-corrected chi connectivity index (χ0v) is 15.7. The fourth-order valence-corrected chi connectivity index (χ4v) is 2.29. The predicted octanol–water partition coefficient (Wildman–Crippen LogP) is 4.86. The van der Waals surface area contributed by atoms with E-state index in [4.69, 9.17) is 14.7 Å². The van der Waals surface area contributed by atoms with Crippen molar-refractivity contribution in [2.24, 2.45) is 5.10 Å².